The number of benzene rings is 1. The lowest BCUT2D eigenvalue weighted by Crippen LogP contribution is -2.16. The maximum absolute atomic E-state index is 10.5. The Bertz CT molecular complexity index is 529. The van der Waals surface area contributed by atoms with Gasteiger partial charge in [-0.15, -0.1) is 0 Å². The molecule has 18 heavy (non-hydrogen) atoms. The predicted octanol–water partition coefficient (Wildman–Crippen LogP) is 1.03. The number of hydrogen-bond donors (Lipinski definition) is 1. The van der Waals surface area contributed by atoms with E-state index >= 15 is 0 Å². The normalized spacial score (nSPS) is 8.56. The van der Waals surface area contributed by atoms with E-state index in [-0.39, 0.29) is 12.3 Å². The van der Waals surface area contributed by atoms with Gasteiger partial charge >= 0.3 is 0 Å². The third-order valence-corrected chi connectivity index (χ3v) is 2.14. The average Bonchev–Trinajstić information content (AvgIpc) is 2.38. The van der Waals surface area contributed by atoms with Gasteiger partial charge in [0, 0.05) is 24.9 Å². The van der Waals surface area contributed by atoms with Gasteiger partial charge in [0.1, 0.15) is 6.61 Å². The summed E-state index contributed by atoms with van der Waals surface area (Å²) < 4.78 is 0. The molecule has 0 saturated heterocycles. The largest absolute Gasteiger partial charge is 0.384 e. The van der Waals surface area contributed by atoms with Crippen molar-refractivity contribution in [2.24, 2.45) is 0 Å². The van der Waals surface area contributed by atoms with E-state index in [1.807, 2.05) is 11.9 Å². The molecule has 0 amide bonds. The number of hydrogen-bond acceptors (Lipinski definition) is 4. The van der Waals surface area contributed by atoms with Crippen molar-refractivity contribution < 1.29 is 10.0 Å². The first-order chi connectivity index (χ1) is 8.65. The highest BCUT2D eigenvalue weighted by atomic mass is 16.6. The molecule has 1 aromatic carbocycles. The SMILES string of the molecule is CN(CC#CC#CCO)c1ccc([N+](=O)[O-])cc1. The van der Waals surface area contributed by atoms with Gasteiger partial charge in [-0.1, -0.05) is 11.8 Å². The fourth-order valence-corrected chi connectivity index (χ4v) is 1.21. The molecular weight excluding hydrogens is 232 g/mol. The number of anilines is 1. The molecule has 92 valence electrons. The van der Waals surface area contributed by atoms with E-state index in [4.69, 9.17) is 5.11 Å². The summed E-state index contributed by atoms with van der Waals surface area (Å²) in [6.07, 6.45) is 0. The molecule has 0 radical (unpaired) electrons. The van der Waals surface area contributed by atoms with Gasteiger partial charge in [-0.3, -0.25) is 10.1 Å². The summed E-state index contributed by atoms with van der Waals surface area (Å²) in [4.78, 5) is 11.9. The molecule has 0 unspecified atom stereocenters. The minimum Gasteiger partial charge on any atom is -0.384 e. The molecule has 1 aromatic rings. The van der Waals surface area contributed by atoms with E-state index in [1.165, 1.54) is 12.1 Å². The molecular formula is C13H12N2O3. The standard InChI is InChI=1S/C13H12N2O3/c1-14(10-4-2-3-5-11-16)12-6-8-13(9-7-12)15(17)18/h6-9,16H,10-11H2,1H3. The highest BCUT2D eigenvalue weighted by Crippen LogP contribution is 2.17. The Labute approximate surface area is 105 Å². The maximum atomic E-state index is 10.5. The minimum atomic E-state index is -0.436. The maximum Gasteiger partial charge on any atom is 0.269 e. The monoisotopic (exact) mass is 244 g/mol. The Hall–Kier alpha value is -2.50. The van der Waals surface area contributed by atoms with Crippen LogP contribution in [0.5, 0.6) is 0 Å². The van der Waals surface area contributed by atoms with Crippen molar-refractivity contribution in [3.63, 3.8) is 0 Å². The molecule has 0 fully saturated rings. The van der Waals surface area contributed by atoms with Crippen LogP contribution in [0.2, 0.25) is 0 Å². The summed E-state index contributed by atoms with van der Waals surface area (Å²) in [6, 6.07) is 6.23. The molecule has 1 N–H and O–H groups in total. The van der Waals surface area contributed by atoms with Crippen LogP contribution in [0.3, 0.4) is 0 Å². The summed E-state index contributed by atoms with van der Waals surface area (Å²) in [6.45, 7) is 0.255. The van der Waals surface area contributed by atoms with Crippen LogP contribution in [0.4, 0.5) is 11.4 Å². The quantitative estimate of drug-likeness (QED) is 0.490. The van der Waals surface area contributed by atoms with E-state index in [0.717, 1.165) is 5.69 Å². The number of nitro benzene ring substituents is 1. The molecule has 0 aliphatic carbocycles. The molecule has 1 rings (SSSR count). The van der Waals surface area contributed by atoms with Crippen molar-refractivity contribution >= 4 is 11.4 Å². The second-order valence-corrected chi connectivity index (χ2v) is 3.39. The van der Waals surface area contributed by atoms with Gasteiger partial charge in [0.25, 0.3) is 5.69 Å². The molecule has 5 heteroatoms. The van der Waals surface area contributed by atoms with Gasteiger partial charge in [0.15, 0.2) is 0 Å². The summed E-state index contributed by atoms with van der Waals surface area (Å²) in [7, 11) is 1.83. The zero-order chi connectivity index (χ0) is 13.4. The Balaban J connectivity index is 2.63. The number of rotatable bonds is 3. The Morgan fingerprint density at radius 2 is 1.89 bits per heavy atom. The van der Waals surface area contributed by atoms with Crippen LogP contribution in [0.25, 0.3) is 0 Å². The third-order valence-electron chi connectivity index (χ3n) is 2.14. The minimum absolute atomic E-state index is 0.0621. The highest BCUT2D eigenvalue weighted by Gasteiger charge is 2.05. The first-order valence-electron chi connectivity index (χ1n) is 5.17. The number of nitrogens with zero attached hydrogens (tertiary/aromatic N) is 2. The topological polar surface area (TPSA) is 66.6 Å². The second-order valence-electron chi connectivity index (χ2n) is 3.39. The van der Waals surface area contributed by atoms with Crippen molar-refractivity contribution in [2.75, 3.05) is 25.1 Å². The zero-order valence-corrected chi connectivity index (χ0v) is 9.88. The van der Waals surface area contributed by atoms with Gasteiger partial charge in [-0.05, 0) is 24.0 Å². The molecule has 0 atom stereocenters. The lowest BCUT2D eigenvalue weighted by atomic mass is 10.2. The number of nitro groups is 1. The van der Waals surface area contributed by atoms with Crippen LogP contribution in [0.15, 0.2) is 24.3 Å². The molecule has 0 bridgehead atoms. The molecule has 0 spiro atoms. The number of aliphatic hydroxyl groups is 1. The zero-order valence-electron chi connectivity index (χ0n) is 9.88. The lowest BCUT2D eigenvalue weighted by molar-refractivity contribution is -0.384. The van der Waals surface area contributed by atoms with Gasteiger partial charge < -0.3 is 10.0 Å². The van der Waals surface area contributed by atoms with Crippen LogP contribution >= 0.6 is 0 Å². The van der Waals surface area contributed by atoms with Gasteiger partial charge in [0.2, 0.25) is 0 Å². The molecule has 5 nitrogen and oxygen atoms in total. The summed E-state index contributed by atoms with van der Waals surface area (Å²) in [5.74, 6) is 10.3. The summed E-state index contributed by atoms with van der Waals surface area (Å²) in [5.41, 5.74) is 0.900. The van der Waals surface area contributed by atoms with Crippen molar-refractivity contribution in [2.45, 2.75) is 0 Å². The Morgan fingerprint density at radius 1 is 1.28 bits per heavy atom. The Morgan fingerprint density at radius 3 is 2.44 bits per heavy atom. The van der Waals surface area contributed by atoms with Crippen LogP contribution in [-0.4, -0.2) is 30.2 Å². The molecule has 0 aliphatic rings. The van der Waals surface area contributed by atoms with E-state index in [0.29, 0.717) is 6.54 Å². The fraction of sp³-hybridized carbons (Fsp3) is 0.231. The van der Waals surface area contributed by atoms with E-state index in [9.17, 15) is 10.1 Å². The van der Waals surface area contributed by atoms with Gasteiger partial charge in [-0.25, -0.2) is 0 Å². The van der Waals surface area contributed by atoms with Crippen LogP contribution < -0.4 is 4.90 Å². The third kappa shape index (κ3) is 4.17. The first kappa shape index (κ1) is 13.6. The first-order valence-corrected chi connectivity index (χ1v) is 5.17. The van der Waals surface area contributed by atoms with Crippen LogP contribution in [-0.2, 0) is 0 Å². The van der Waals surface area contributed by atoms with Crippen LogP contribution in [0.1, 0.15) is 0 Å². The molecule has 0 aliphatic heterocycles. The smallest absolute Gasteiger partial charge is 0.269 e. The lowest BCUT2D eigenvalue weighted by Gasteiger charge is -2.15. The fourth-order valence-electron chi connectivity index (χ4n) is 1.21. The number of non-ortho nitro benzene ring substituents is 1. The van der Waals surface area contributed by atoms with Crippen molar-refractivity contribution in [1.82, 2.24) is 0 Å². The molecule has 0 heterocycles. The van der Waals surface area contributed by atoms with Crippen LogP contribution in [0, 0.1) is 33.8 Å². The molecule has 0 saturated carbocycles. The van der Waals surface area contributed by atoms with Crippen molar-refractivity contribution in [3.8, 4) is 23.7 Å². The van der Waals surface area contributed by atoms with E-state index < -0.39 is 4.92 Å². The molecule has 0 aromatic heterocycles. The average molecular weight is 244 g/mol. The number of aliphatic hydroxyl groups excluding tert-OH is 1. The second kappa shape index (κ2) is 6.95. The summed E-state index contributed by atoms with van der Waals surface area (Å²) in [5, 5.41) is 18.9. The van der Waals surface area contributed by atoms with Gasteiger partial charge in [-0.2, -0.15) is 0 Å². The Kier molecular flexibility index (Phi) is 5.24. The summed E-state index contributed by atoms with van der Waals surface area (Å²) >= 11 is 0. The highest BCUT2D eigenvalue weighted by molar-refractivity contribution is 5.51. The van der Waals surface area contributed by atoms with Gasteiger partial charge in [0.05, 0.1) is 11.5 Å². The van der Waals surface area contributed by atoms with E-state index in [2.05, 4.69) is 23.7 Å². The predicted molar refractivity (Wildman–Crippen MR) is 69.0 cm³/mol. The van der Waals surface area contributed by atoms with E-state index in [1.54, 1.807) is 12.1 Å². The van der Waals surface area contributed by atoms with Crippen molar-refractivity contribution in [3.05, 3.63) is 34.4 Å². The van der Waals surface area contributed by atoms with Crippen molar-refractivity contribution in [1.29, 1.82) is 0 Å².